The first-order valence-electron chi connectivity index (χ1n) is 16.6. The van der Waals surface area contributed by atoms with Gasteiger partial charge in [-0.3, -0.25) is 19.4 Å². The van der Waals surface area contributed by atoms with Crippen molar-refractivity contribution in [3.05, 3.63) is 101 Å². The maximum Gasteiger partial charge on any atom is 0.416 e. The highest BCUT2D eigenvalue weighted by atomic mass is 32.2. The average molecular weight is 720 g/mol. The second kappa shape index (κ2) is 16.4. The second-order valence-electron chi connectivity index (χ2n) is 13.1. The molecule has 0 spiro atoms. The van der Waals surface area contributed by atoms with Crippen molar-refractivity contribution in [1.29, 1.82) is 0 Å². The Morgan fingerprint density at radius 3 is 2.33 bits per heavy atom. The summed E-state index contributed by atoms with van der Waals surface area (Å²) in [5, 5.41) is 5.60. The first-order chi connectivity index (χ1) is 24.2. The van der Waals surface area contributed by atoms with Crippen molar-refractivity contribution in [2.45, 2.75) is 64.0 Å². The zero-order valence-electron chi connectivity index (χ0n) is 28.7. The molecule has 1 fully saturated rings. The van der Waals surface area contributed by atoms with Gasteiger partial charge in [0.05, 0.1) is 41.3 Å². The van der Waals surface area contributed by atoms with Gasteiger partial charge in [0.2, 0.25) is 0 Å². The quantitative estimate of drug-likeness (QED) is 0.117. The number of carbonyl (C=O) groups is 3. The molecule has 1 aromatic heterocycles. The molecule has 0 radical (unpaired) electrons. The van der Waals surface area contributed by atoms with E-state index in [1.165, 1.54) is 24.5 Å². The molecule has 3 aromatic carbocycles. The van der Waals surface area contributed by atoms with E-state index >= 15 is 0 Å². The number of ether oxygens (including phenoxy) is 1. The number of anilines is 3. The summed E-state index contributed by atoms with van der Waals surface area (Å²) in [4.78, 5) is 49.9. The Morgan fingerprint density at radius 1 is 0.863 bits per heavy atom. The predicted octanol–water partition coefficient (Wildman–Crippen LogP) is 8.62. The number of thioether (sulfide) groups is 1. The molecular formula is C38H40F3N5O4S. The third kappa shape index (κ3) is 10.8. The molecule has 4 aromatic rings. The van der Waals surface area contributed by atoms with Crippen molar-refractivity contribution in [3.8, 4) is 11.3 Å². The van der Waals surface area contributed by atoms with E-state index in [0.717, 1.165) is 55.7 Å². The highest BCUT2D eigenvalue weighted by Crippen LogP contribution is 2.32. The minimum Gasteiger partial charge on any atom is -0.460 e. The third-order valence-electron chi connectivity index (χ3n) is 7.92. The van der Waals surface area contributed by atoms with E-state index in [2.05, 4.69) is 25.5 Å². The summed E-state index contributed by atoms with van der Waals surface area (Å²) < 4.78 is 45.0. The number of nitrogens with zero attached hydrogens (tertiary/aromatic N) is 3. The number of amides is 2. The monoisotopic (exact) mass is 719 g/mol. The summed E-state index contributed by atoms with van der Waals surface area (Å²) in [7, 11) is 0. The molecule has 13 heteroatoms. The van der Waals surface area contributed by atoms with Crippen LogP contribution in [0.25, 0.3) is 11.3 Å². The van der Waals surface area contributed by atoms with Gasteiger partial charge in [-0.2, -0.15) is 24.9 Å². The van der Waals surface area contributed by atoms with Crippen molar-refractivity contribution < 1.29 is 32.3 Å². The van der Waals surface area contributed by atoms with Gasteiger partial charge in [0, 0.05) is 41.4 Å². The molecule has 2 amide bonds. The zero-order valence-corrected chi connectivity index (χ0v) is 29.5. The van der Waals surface area contributed by atoms with Crippen molar-refractivity contribution in [2.75, 3.05) is 34.4 Å². The number of hydrogen-bond acceptors (Lipinski definition) is 8. The van der Waals surface area contributed by atoms with Gasteiger partial charge in [0.15, 0.2) is 5.82 Å². The first-order valence-corrected chi connectivity index (χ1v) is 17.8. The fraction of sp³-hybridized carbons (Fsp3) is 0.342. The molecule has 9 nitrogen and oxygen atoms in total. The minimum absolute atomic E-state index is 0.0910. The highest BCUT2D eigenvalue weighted by Gasteiger charge is 2.30. The van der Waals surface area contributed by atoms with E-state index in [4.69, 9.17) is 4.74 Å². The summed E-state index contributed by atoms with van der Waals surface area (Å²) in [5.41, 5.74) is 1.77. The van der Waals surface area contributed by atoms with E-state index in [0.29, 0.717) is 22.8 Å². The lowest BCUT2D eigenvalue weighted by Gasteiger charge is -2.29. The molecule has 1 aliphatic heterocycles. The van der Waals surface area contributed by atoms with E-state index in [-0.39, 0.29) is 35.0 Å². The molecule has 0 atom stereocenters. The standard InChI is InChI=1S/C38H40F3N5O4S/c1-37(2,3)50-34(47)15-18-51-24-25-9-7-11-27(19-25)35(48)44-31-14-13-29(46-16-5-4-6-17-46)21-30(31)36(49)45-33-23-42-32(22-43-33)26-10-8-12-28(20-26)38(39,40)41/h7-14,19-23H,4-6,15-18,24H2,1-3H3,(H,44,48)(H,43,45,49). The fourth-order valence-electron chi connectivity index (χ4n) is 5.49. The number of carbonyl (C=O) groups excluding carboxylic acids is 3. The lowest BCUT2D eigenvalue weighted by molar-refractivity contribution is -0.154. The van der Waals surface area contributed by atoms with E-state index in [1.54, 1.807) is 42.1 Å². The summed E-state index contributed by atoms with van der Waals surface area (Å²) >= 11 is 1.56. The van der Waals surface area contributed by atoms with E-state index < -0.39 is 29.2 Å². The molecule has 1 saturated heterocycles. The number of nitrogens with one attached hydrogen (secondary N) is 2. The van der Waals surface area contributed by atoms with Gasteiger partial charge in [0.25, 0.3) is 11.8 Å². The SMILES string of the molecule is CC(C)(C)OC(=O)CCSCc1cccc(C(=O)Nc2ccc(N3CCCCC3)cc2C(=O)Nc2cnc(-c3cccc(C(F)(F)F)c3)cn2)c1. The fourth-order valence-corrected chi connectivity index (χ4v) is 6.36. The summed E-state index contributed by atoms with van der Waals surface area (Å²) in [5.74, 6) is 0.0593. The van der Waals surface area contributed by atoms with E-state index in [9.17, 15) is 27.6 Å². The number of aromatic nitrogens is 2. The second-order valence-corrected chi connectivity index (χ2v) is 14.2. The maximum absolute atomic E-state index is 13.7. The number of hydrogen-bond donors (Lipinski definition) is 2. The van der Waals surface area contributed by atoms with Crippen LogP contribution in [0.3, 0.4) is 0 Å². The lowest BCUT2D eigenvalue weighted by atomic mass is 10.1. The van der Waals surface area contributed by atoms with Gasteiger partial charge in [-0.15, -0.1) is 0 Å². The topological polar surface area (TPSA) is 114 Å². The van der Waals surface area contributed by atoms with Gasteiger partial charge >= 0.3 is 12.1 Å². The molecule has 0 bridgehead atoms. The van der Waals surface area contributed by atoms with Crippen LogP contribution in [0.15, 0.2) is 79.1 Å². The van der Waals surface area contributed by atoms with Crippen LogP contribution >= 0.6 is 11.8 Å². The Hall–Kier alpha value is -4.91. The van der Waals surface area contributed by atoms with Crippen molar-refractivity contribution in [1.82, 2.24) is 9.97 Å². The molecule has 0 unspecified atom stereocenters. The maximum atomic E-state index is 13.7. The Kier molecular flexibility index (Phi) is 12.0. The summed E-state index contributed by atoms with van der Waals surface area (Å²) in [6, 6.07) is 17.2. The molecule has 2 heterocycles. The lowest BCUT2D eigenvalue weighted by Crippen LogP contribution is -2.29. The van der Waals surface area contributed by atoms with Crippen LogP contribution in [0.1, 0.15) is 78.3 Å². The average Bonchev–Trinajstić information content (AvgIpc) is 3.10. The summed E-state index contributed by atoms with van der Waals surface area (Å²) in [6.45, 7) is 7.18. The molecule has 5 rings (SSSR count). The van der Waals surface area contributed by atoms with Crippen LogP contribution in [0, 0.1) is 0 Å². The molecule has 2 N–H and O–H groups in total. The van der Waals surface area contributed by atoms with Gasteiger partial charge in [-0.1, -0.05) is 24.3 Å². The molecule has 0 saturated carbocycles. The first kappa shape index (κ1) is 37.3. The Morgan fingerprint density at radius 2 is 1.63 bits per heavy atom. The highest BCUT2D eigenvalue weighted by molar-refractivity contribution is 7.98. The molecule has 0 aliphatic carbocycles. The van der Waals surface area contributed by atoms with Gasteiger partial charge < -0.3 is 20.3 Å². The van der Waals surface area contributed by atoms with E-state index in [1.807, 2.05) is 32.9 Å². The Balaban J connectivity index is 1.29. The molecular weight excluding hydrogens is 680 g/mol. The van der Waals surface area contributed by atoms with Crippen molar-refractivity contribution >= 4 is 46.7 Å². The summed E-state index contributed by atoms with van der Waals surface area (Å²) in [6.07, 6.45) is 1.55. The van der Waals surface area contributed by atoms with Crippen molar-refractivity contribution in [3.63, 3.8) is 0 Å². The molecule has 268 valence electrons. The number of halogens is 3. The molecule has 1 aliphatic rings. The third-order valence-corrected chi connectivity index (χ3v) is 8.95. The van der Waals surface area contributed by atoms with Crippen molar-refractivity contribution in [2.24, 2.45) is 0 Å². The number of benzene rings is 3. The Bertz CT molecular complexity index is 1860. The Labute approximate surface area is 299 Å². The van der Waals surface area contributed by atoms with Crippen LogP contribution in [-0.4, -0.2) is 52.2 Å². The predicted molar refractivity (Wildman–Crippen MR) is 194 cm³/mol. The van der Waals surface area contributed by atoms with Crippen LogP contribution in [0.2, 0.25) is 0 Å². The molecule has 51 heavy (non-hydrogen) atoms. The normalized spacial score (nSPS) is 13.4. The largest absolute Gasteiger partial charge is 0.460 e. The number of esters is 1. The van der Waals surface area contributed by atoms with Crippen LogP contribution in [0.4, 0.5) is 30.4 Å². The number of rotatable bonds is 11. The van der Waals surface area contributed by atoms with Gasteiger partial charge in [-0.05, 0) is 88.1 Å². The smallest absolute Gasteiger partial charge is 0.416 e. The van der Waals surface area contributed by atoms with Crippen LogP contribution < -0.4 is 15.5 Å². The number of piperidine rings is 1. The van der Waals surface area contributed by atoms with Gasteiger partial charge in [0.1, 0.15) is 5.60 Å². The minimum atomic E-state index is -4.50. The number of alkyl halides is 3. The van der Waals surface area contributed by atoms with Crippen LogP contribution in [-0.2, 0) is 21.5 Å². The van der Waals surface area contributed by atoms with Gasteiger partial charge in [-0.25, -0.2) is 4.98 Å². The zero-order chi connectivity index (χ0) is 36.6. The van der Waals surface area contributed by atoms with Crippen LogP contribution in [0.5, 0.6) is 0 Å².